The zero-order chi connectivity index (χ0) is 12.3. The molecule has 0 radical (unpaired) electrons. The number of aromatic nitrogens is 2. The molecular weight excluding hydrogens is 206 g/mol. The van der Waals surface area contributed by atoms with Crippen LogP contribution in [-0.4, -0.2) is 15.1 Å². The summed E-state index contributed by atoms with van der Waals surface area (Å²) in [6.07, 6.45) is 1.30. The lowest BCUT2D eigenvalue weighted by atomic mass is 10.0. The first-order chi connectivity index (χ1) is 7.47. The zero-order valence-electron chi connectivity index (χ0n) is 9.95. The summed E-state index contributed by atoms with van der Waals surface area (Å²) < 4.78 is 0. The Kier molecular flexibility index (Phi) is 4.06. The van der Waals surface area contributed by atoms with Gasteiger partial charge in [0.25, 0.3) is 5.56 Å². The summed E-state index contributed by atoms with van der Waals surface area (Å²) in [6, 6.07) is -0.366. The highest BCUT2D eigenvalue weighted by molar-refractivity contribution is 5.23. The molecule has 0 aromatic carbocycles. The topological polar surface area (TPSA) is 92.0 Å². The lowest BCUT2D eigenvalue weighted by Crippen LogP contribution is -2.25. The maximum absolute atomic E-state index is 11.7. The lowest BCUT2D eigenvalue weighted by Gasteiger charge is -2.15. The standard InChI is InChI=1S/C11H19N3O2/c1-4-5-7-10(15)13-9(14-11(7)16)8(12)6(2)3/h6,8H,4-5,12H2,1-3H3,(H2,13,14,15,16). The average molecular weight is 225 g/mol. The number of rotatable bonds is 4. The number of aromatic hydroxyl groups is 1. The van der Waals surface area contributed by atoms with Crippen LogP contribution in [0, 0.1) is 5.92 Å². The number of nitrogens with one attached hydrogen (secondary N) is 1. The molecule has 5 heteroatoms. The molecule has 16 heavy (non-hydrogen) atoms. The van der Waals surface area contributed by atoms with Gasteiger partial charge in [-0.15, -0.1) is 0 Å². The first kappa shape index (κ1) is 12.7. The molecular formula is C11H19N3O2. The van der Waals surface area contributed by atoms with Gasteiger partial charge in [0.15, 0.2) is 0 Å². The molecule has 0 aliphatic carbocycles. The predicted octanol–water partition coefficient (Wildman–Crippen LogP) is 1.08. The zero-order valence-corrected chi connectivity index (χ0v) is 9.95. The van der Waals surface area contributed by atoms with Crippen molar-refractivity contribution < 1.29 is 5.11 Å². The van der Waals surface area contributed by atoms with Gasteiger partial charge in [-0.05, 0) is 12.3 Å². The first-order valence-corrected chi connectivity index (χ1v) is 5.55. The van der Waals surface area contributed by atoms with Gasteiger partial charge in [-0.1, -0.05) is 27.2 Å². The SMILES string of the molecule is CCCc1c(O)nc(C(N)C(C)C)[nH]c1=O. The van der Waals surface area contributed by atoms with Crippen molar-refractivity contribution in [3.05, 3.63) is 21.7 Å². The number of aromatic amines is 1. The van der Waals surface area contributed by atoms with Crippen molar-refractivity contribution in [2.45, 2.75) is 39.7 Å². The molecule has 1 unspecified atom stereocenters. The molecule has 0 amide bonds. The Morgan fingerprint density at radius 1 is 1.50 bits per heavy atom. The number of nitrogens with two attached hydrogens (primary N) is 1. The van der Waals surface area contributed by atoms with Gasteiger partial charge in [0.2, 0.25) is 5.88 Å². The van der Waals surface area contributed by atoms with E-state index in [1.165, 1.54) is 0 Å². The lowest BCUT2D eigenvalue weighted by molar-refractivity contribution is 0.423. The summed E-state index contributed by atoms with van der Waals surface area (Å²) >= 11 is 0. The van der Waals surface area contributed by atoms with Crippen LogP contribution in [0.3, 0.4) is 0 Å². The van der Waals surface area contributed by atoms with Gasteiger partial charge in [0.05, 0.1) is 11.6 Å². The molecule has 1 aromatic rings. The van der Waals surface area contributed by atoms with E-state index in [0.29, 0.717) is 17.8 Å². The van der Waals surface area contributed by atoms with Gasteiger partial charge in [-0.25, -0.2) is 0 Å². The number of nitrogens with zero attached hydrogens (tertiary/aromatic N) is 1. The van der Waals surface area contributed by atoms with Crippen LogP contribution < -0.4 is 11.3 Å². The van der Waals surface area contributed by atoms with Crippen molar-refractivity contribution in [3.8, 4) is 5.88 Å². The second-order valence-corrected chi connectivity index (χ2v) is 4.27. The molecule has 5 nitrogen and oxygen atoms in total. The Morgan fingerprint density at radius 2 is 2.12 bits per heavy atom. The Balaban J connectivity index is 3.14. The normalized spacial score (nSPS) is 13.1. The Morgan fingerprint density at radius 3 is 2.56 bits per heavy atom. The Hall–Kier alpha value is -1.36. The van der Waals surface area contributed by atoms with Crippen LogP contribution in [0.25, 0.3) is 0 Å². The summed E-state index contributed by atoms with van der Waals surface area (Å²) in [4.78, 5) is 18.2. The first-order valence-electron chi connectivity index (χ1n) is 5.55. The minimum Gasteiger partial charge on any atom is -0.493 e. The maximum Gasteiger partial charge on any atom is 0.257 e. The molecule has 0 aliphatic heterocycles. The van der Waals surface area contributed by atoms with Crippen LogP contribution in [0.15, 0.2) is 4.79 Å². The molecule has 0 saturated carbocycles. The molecule has 1 atom stereocenters. The third-order valence-corrected chi connectivity index (χ3v) is 2.55. The quantitative estimate of drug-likeness (QED) is 0.715. The average Bonchev–Trinajstić information content (AvgIpc) is 2.21. The molecule has 0 aliphatic rings. The van der Waals surface area contributed by atoms with E-state index in [4.69, 9.17) is 5.73 Å². The highest BCUT2D eigenvalue weighted by Gasteiger charge is 2.16. The summed E-state index contributed by atoms with van der Waals surface area (Å²) in [7, 11) is 0. The third-order valence-electron chi connectivity index (χ3n) is 2.55. The van der Waals surface area contributed by atoms with E-state index >= 15 is 0 Å². The Labute approximate surface area is 94.7 Å². The molecule has 1 aromatic heterocycles. The fourth-order valence-electron chi connectivity index (χ4n) is 1.45. The second kappa shape index (κ2) is 5.12. The second-order valence-electron chi connectivity index (χ2n) is 4.27. The molecule has 4 N–H and O–H groups in total. The van der Waals surface area contributed by atoms with Crippen molar-refractivity contribution >= 4 is 0 Å². The van der Waals surface area contributed by atoms with Gasteiger partial charge in [0, 0.05) is 0 Å². The van der Waals surface area contributed by atoms with E-state index in [9.17, 15) is 9.90 Å². The largest absolute Gasteiger partial charge is 0.493 e. The van der Waals surface area contributed by atoms with Crippen LogP contribution in [0.5, 0.6) is 5.88 Å². The van der Waals surface area contributed by atoms with E-state index in [1.54, 1.807) is 0 Å². The van der Waals surface area contributed by atoms with Crippen LogP contribution in [-0.2, 0) is 6.42 Å². The fraction of sp³-hybridized carbons (Fsp3) is 0.636. The summed E-state index contributed by atoms with van der Waals surface area (Å²) in [5.74, 6) is 0.300. The van der Waals surface area contributed by atoms with Crippen LogP contribution in [0.1, 0.15) is 44.6 Å². The van der Waals surface area contributed by atoms with Crippen LogP contribution in [0.4, 0.5) is 0 Å². The number of hydrogen-bond donors (Lipinski definition) is 3. The smallest absolute Gasteiger partial charge is 0.257 e. The van der Waals surface area contributed by atoms with Crippen molar-refractivity contribution in [3.63, 3.8) is 0 Å². The molecule has 0 saturated heterocycles. The molecule has 0 bridgehead atoms. The minimum atomic E-state index is -0.366. The summed E-state index contributed by atoms with van der Waals surface area (Å²) in [6.45, 7) is 5.80. The van der Waals surface area contributed by atoms with Gasteiger partial charge < -0.3 is 15.8 Å². The maximum atomic E-state index is 11.7. The van der Waals surface area contributed by atoms with E-state index in [2.05, 4.69) is 9.97 Å². The highest BCUT2D eigenvalue weighted by Crippen LogP contribution is 2.17. The van der Waals surface area contributed by atoms with Gasteiger partial charge >= 0.3 is 0 Å². The minimum absolute atomic E-state index is 0.152. The van der Waals surface area contributed by atoms with Gasteiger partial charge in [0.1, 0.15) is 5.82 Å². The number of hydrogen-bond acceptors (Lipinski definition) is 4. The van der Waals surface area contributed by atoms with E-state index in [1.807, 2.05) is 20.8 Å². The van der Waals surface area contributed by atoms with Crippen LogP contribution >= 0.6 is 0 Å². The van der Waals surface area contributed by atoms with Crippen molar-refractivity contribution in [1.82, 2.24) is 9.97 Å². The van der Waals surface area contributed by atoms with E-state index in [0.717, 1.165) is 6.42 Å². The van der Waals surface area contributed by atoms with E-state index < -0.39 is 0 Å². The predicted molar refractivity (Wildman–Crippen MR) is 62.3 cm³/mol. The molecule has 1 rings (SSSR count). The summed E-state index contributed by atoms with van der Waals surface area (Å²) in [5.41, 5.74) is 5.90. The monoisotopic (exact) mass is 225 g/mol. The summed E-state index contributed by atoms with van der Waals surface area (Å²) in [5, 5.41) is 9.65. The van der Waals surface area contributed by atoms with Gasteiger partial charge in [-0.2, -0.15) is 4.98 Å². The van der Waals surface area contributed by atoms with Crippen molar-refractivity contribution in [2.75, 3.05) is 0 Å². The van der Waals surface area contributed by atoms with Gasteiger partial charge in [-0.3, -0.25) is 4.79 Å². The third kappa shape index (κ3) is 2.61. The van der Waals surface area contributed by atoms with Crippen molar-refractivity contribution in [1.29, 1.82) is 0 Å². The molecule has 0 spiro atoms. The fourth-order valence-corrected chi connectivity index (χ4v) is 1.45. The van der Waals surface area contributed by atoms with Crippen molar-refractivity contribution in [2.24, 2.45) is 11.7 Å². The molecule has 1 heterocycles. The Bertz CT molecular complexity index is 412. The molecule has 0 fully saturated rings. The number of H-pyrrole nitrogens is 1. The molecule has 90 valence electrons. The van der Waals surface area contributed by atoms with Crippen LogP contribution in [0.2, 0.25) is 0 Å². The highest BCUT2D eigenvalue weighted by atomic mass is 16.3. The van der Waals surface area contributed by atoms with E-state index in [-0.39, 0.29) is 23.4 Å².